The average Bonchev–Trinajstić information content (AvgIpc) is 3.15. The Bertz CT molecular complexity index is 310. The number of carbonyl (C=O) groups excluding carboxylic acids is 1. The average molecular weight is 251 g/mol. The summed E-state index contributed by atoms with van der Waals surface area (Å²) in [5, 5.41) is 3.41. The van der Waals surface area contributed by atoms with Crippen LogP contribution in [0.3, 0.4) is 0 Å². The quantitative estimate of drug-likeness (QED) is 0.807. The summed E-state index contributed by atoms with van der Waals surface area (Å²) in [7, 11) is 2.00. The minimum Gasteiger partial charge on any atom is -0.341 e. The first-order chi connectivity index (χ1) is 8.77. The van der Waals surface area contributed by atoms with E-state index in [1.165, 1.54) is 32.1 Å². The highest BCUT2D eigenvalue weighted by molar-refractivity contribution is 5.82. The van der Waals surface area contributed by atoms with E-state index >= 15 is 0 Å². The molecule has 102 valence electrons. The van der Waals surface area contributed by atoms with Crippen molar-refractivity contribution in [2.75, 3.05) is 26.7 Å². The number of piperidine rings is 1. The van der Waals surface area contributed by atoms with Gasteiger partial charge in [-0.2, -0.15) is 0 Å². The summed E-state index contributed by atoms with van der Waals surface area (Å²) in [6.07, 6.45) is 7.09. The largest absolute Gasteiger partial charge is 0.341 e. The van der Waals surface area contributed by atoms with Crippen molar-refractivity contribution in [2.45, 2.75) is 56.7 Å². The molecule has 0 aromatic rings. The molecule has 2 heterocycles. The molecule has 1 atom stereocenters. The number of amides is 1. The zero-order valence-electron chi connectivity index (χ0n) is 11.4. The molecular weight excluding hydrogens is 226 g/mol. The first-order valence-electron chi connectivity index (χ1n) is 7.50. The molecule has 2 aliphatic heterocycles. The number of likely N-dealkylation sites (N-methyl/N-ethyl adjacent to an activating group) is 1. The summed E-state index contributed by atoms with van der Waals surface area (Å²) < 4.78 is 0. The van der Waals surface area contributed by atoms with Gasteiger partial charge in [0.2, 0.25) is 5.91 Å². The molecular formula is C14H25N3O. The molecule has 1 amide bonds. The molecule has 2 saturated heterocycles. The van der Waals surface area contributed by atoms with E-state index in [1.807, 2.05) is 11.9 Å². The molecule has 0 radical (unpaired) electrons. The van der Waals surface area contributed by atoms with Crippen molar-refractivity contribution >= 4 is 5.91 Å². The van der Waals surface area contributed by atoms with Crippen LogP contribution >= 0.6 is 0 Å². The smallest absolute Gasteiger partial charge is 0.239 e. The van der Waals surface area contributed by atoms with Crippen LogP contribution in [0.15, 0.2) is 0 Å². The van der Waals surface area contributed by atoms with Crippen LogP contribution in [0.5, 0.6) is 0 Å². The maximum absolute atomic E-state index is 12.5. The van der Waals surface area contributed by atoms with E-state index in [4.69, 9.17) is 0 Å². The summed E-state index contributed by atoms with van der Waals surface area (Å²) in [5.41, 5.74) is 0. The first-order valence-corrected chi connectivity index (χ1v) is 7.50. The van der Waals surface area contributed by atoms with Gasteiger partial charge in [0.1, 0.15) is 0 Å². The third-order valence-electron chi connectivity index (χ3n) is 4.80. The molecule has 0 aromatic heterocycles. The Morgan fingerprint density at radius 1 is 1.17 bits per heavy atom. The highest BCUT2D eigenvalue weighted by atomic mass is 16.2. The SMILES string of the molecule is CN(C(=O)C1CCCN1C1CCNCC1)C1CC1. The summed E-state index contributed by atoms with van der Waals surface area (Å²) in [6.45, 7) is 3.35. The lowest BCUT2D eigenvalue weighted by Crippen LogP contribution is -2.51. The van der Waals surface area contributed by atoms with Crippen molar-refractivity contribution < 1.29 is 4.79 Å². The fourth-order valence-corrected chi connectivity index (χ4v) is 3.51. The van der Waals surface area contributed by atoms with Gasteiger partial charge in [-0.05, 0) is 58.2 Å². The maximum atomic E-state index is 12.5. The van der Waals surface area contributed by atoms with Crippen LogP contribution in [-0.2, 0) is 4.79 Å². The second-order valence-corrected chi connectivity index (χ2v) is 6.06. The lowest BCUT2D eigenvalue weighted by molar-refractivity contribution is -0.136. The molecule has 3 fully saturated rings. The third kappa shape index (κ3) is 2.41. The minimum atomic E-state index is 0.179. The number of nitrogens with one attached hydrogen (secondary N) is 1. The summed E-state index contributed by atoms with van der Waals surface area (Å²) >= 11 is 0. The second kappa shape index (κ2) is 5.17. The van der Waals surface area contributed by atoms with Gasteiger partial charge in [0.05, 0.1) is 6.04 Å². The van der Waals surface area contributed by atoms with Crippen molar-refractivity contribution in [3.63, 3.8) is 0 Å². The van der Waals surface area contributed by atoms with Gasteiger partial charge in [-0.25, -0.2) is 0 Å². The van der Waals surface area contributed by atoms with Crippen LogP contribution in [0.4, 0.5) is 0 Å². The van der Waals surface area contributed by atoms with Gasteiger partial charge in [0.15, 0.2) is 0 Å². The lowest BCUT2D eigenvalue weighted by atomic mass is 10.0. The van der Waals surface area contributed by atoms with E-state index in [-0.39, 0.29) is 6.04 Å². The Kier molecular flexibility index (Phi) is 3.57. The summed E-state index contributed by atoms with van der Waals surface area (Å²) in [5.74, 6) is 0.383. The fourth-order valence-electron chi connectivity index (χ4n) is 3.51. The fraction of sp³-hybridized carbons (Fsp3) is 0.929. The molecule has 0 aromatic carbocycles. The van der Waals surface area contributed by atoms with Gasteiger partial charge in [0, 0.05) is 19.1 Å². The Morgan fingerprint density at radius 2 is 1.89 bits per heavy atom. The second-order valence-electron chi connectivity index (χ2n) is 6.06. The van der Waals surface area contributed by atoms with Crippen molar-refractivity contribution in [1.29, 1.82) is 0 Å². The van der Waals surface area contributed by atoms with Crippen molar-refractivity contribution in [1.82, 2.24) is 15.1 Å². The molecule has 1 aliphatic carbocycles. The number of rotatable bonds is 3. The van der Waals surface area contributed by atoms with Gasteiger partial charge in [-0.15, -0.1) is 0 Å². The van der Waals surface area contributed by atoms with E-state index in [1.54, 1.807) is 0 Å². The zero-order chi connectivity index (χ0) is 12.5. The molecule has 1 unspecified atom stereocenters. The number of carbonyl (C=O) groups is 1. The van der Waals surface area contributed by atoms with Crippen LogP contribution < -0.4 is 5.32 Å². The summed E-state index contributed by atoms with van der Waals surface area (Å²) in [6, 6.07) is 1.36. The predicted molar refractivity (Wildman–Crippen MR) is 71.4 cm³/mol. The van der Waals surface area contributed by atoms with Crippen LogP contribution in [0.2, 0.25) is 0 Å². The zero-order valence-corrected chi connectivity index (χ0v) is 11.4. The monoisotopic (exact) mass is 251 g/mol. The maximum Gasteiger partial charge on any atom is 0.239 e. The van der Waals surface area contributed by atoms with Gasteiger partial charge in [0.25, 0.3) is 0 Å². The Morgan fingerprint density at radius 3 is 2.56 bits per heavy atom. The predicted octanol–water partition coefficient (Wildman–Crippen LogP) is 0.824. The highest BCUT2D eigenvalue weighted by Gasteiger charge is 2.40. The normalized spacial score (nSPS) is 30.6. The number of likely N-dealkylation sites (tertiary alicyclic amines) is 1. The van der Waals surface area contributed by atoms with Crippen molar-refractivity contribution in [2.24, 2.45) is 0 Å². The molecule has 4 heteroatoms. The first kappa shape index (κ1) is 12.4. The topological polar surface area (TPSA) is 35.6 Å². The Labute approximate surface area is 110 Å². The standard InChI is InChI=1S/C14H25N3O/c1-16(11-4-5-11)14(18)13-3-2-10-17(13)12-6-8-15-9-7-12/h11-13,15H,2-10H2,1H3. The van der Waals surface area contributed by atoms with Gasteiger partial charge in [-0.3, -0.25) is 9.69 Å². The van der Waals surface area contributed by atoms with Gasteiger partial charge < -0.3 is 10.2 Å². The number of hydrogen-bond donors (Lipinski definition) is 1. The number of hydrogen-bond acceptors (Lipinski definition) is 3. The van der Waals surface area contributed by atoms with Crippen LogP contribution in [-0.4, -0.2) is 60.5 Å². The van der Waals surface area contributed by atoms with E-state index in [0.29, 0.717) is 18.0 Å². The van der Waals surface area contributed by atoms with E-state index < -0.39 is 0 Å². The van der Waals surface area contributed by atoms with E-state index in [2.05, 4.69) is 10.2 Å². The van der Waals surface area contributed by atoms with E-state index in [9.17, 15) is 4.79 Å². The molecule has 0 bridgehead atoms. The lowest BCUT2D eigenvalue weighted by Gasteiger charge is -2.36. The van der Waals surface area contributed by atoms with Gasteiger partial charge >= 0.3 is 0 Å². The van der Waals surface area contributed by atoms with Crippen LogP contribution in [0, 0.1) is 0 Å². The number of nitrogens with zero attached hydrogens (tertiary/aromatic N) is 2. The Hall–Kier alpha value is -0.610. The van der Waals surface area contributed by atoms with Crippen LogP contribution in [0.25, 0.3) is 0 Å². The molecule has 0 spiro atoms. The Balaban J connectivity index is 1.64. The molecule has 3 rings (SSSR count). The molecule has 1 N–H and O–H groups in total. The van der Waals surface area contributed by atoms with Crippen molar-refractivity contribution in [3.05, 3.63) is 0 Å². The highest BCUT2D eigenvalue weighted by Crippen LogP contribution is 2.30. The molecule has 4 nitrogen and oxygen atoms in total. The van der Waals surface area contributed by atoms with E-state index in [0.717, 1.165) is 26.1 Å². The summed E-state index contributed by atoms with van der Waals surface area (Å²) in [4.78, 5) is 17.1. The molecule has 3 aliphatic rings. The minimum absolute atomic E-state index is 0.179. The molecule has 18 heavy (non-hydrogen) atoms. The van der Waals surface area contributed by atoms with Crippen LogP contribution in [0.1, 0.15) is 38.5 Å². The van der Waals surface area contributed by atoms with Crippen molar-refractivity contribution in [3.8, 4) is 0 Å². The molecule has 1 saturated carbocycles. The third-order valence-corrected chi connectivity index (χ3v) is 4.80. The van der Waals surface area contributed by atoms with Gasteiger partial charge in [-0.1, -0.05) is 0 Å².